The Kier molecular flexibility index (Phi) is 14.9. The van der Waals surface area contributed by atoms with E-state index in [4.69, 9.17) is 68.0 Å². The second-order valence-corrected chi connectivity index (χ2v) is 20.9. The van der Waals surface area contributed by atoms with Gasteiger partial charge in [0.2, 0.25) is 9.70 Å². The summed E-state index contributed by atoms with van der Waals surface area (Å²) < 4.78 is 39.5. The smallest absolute Gasteiger partial charge is 0.456 e. The van der Waals surface area contributed by atoms with Crippen molar-refractivity contribution in [3.05, 3.63) is 82.9 Å². The van der Waals surface area contributed by atoms with E-state index in [-0.39, 0.29) is 23.1 Å². The van der Waals surface area contributed by atoms with Crippen molar-refractivity contribution >= 4 is 76.5 Å². The summed E-state index contributed by atoms with van der Waals surface area (Å²) in [5.41, 5.74) is -8.08. The molecule has 2 saturated carbocycles. The second-order valence-electron chi connectivity index (χ2n) is 18.4. The molecule has 2 bridgehead atoms. The molecule has 3 N–H and O–H groups in total. The maximum Gasteiger partial charge on any atom is 0.508 e. The zero-order chi connectivity index (χ0) is 49.6. The van der Waals surface area contributed by atoms with E-state index in [1.54, 1.807) is 62.4 Å². The third kappa shape index (κ3) is 9.77. The molecule has 3 aliphatic carbocycles. The fraction of sp³-hybridized carbons (Fsp3) is 0.553. The van der Waals surface area contributed by atoms with Gasteiger partial charge in [-0.05, 0) is 42.7 Å². The van der Waals surface area contributed by atoms with Crippen molar-refractivity contribution in [2.24, 2.45) is 22.7 Å². The zero-order valence-electron chi connectivity index (χ0n) is 38.0. The molecule has 3 fully saturated rings. The Bertz CT molecular complexity index is 2300. The number of carbonyl (C=O) groups excluding carboxylic acids is 7. The molecule has 1 aliphatic heterocycles. The number of aliphatic hydroxyl groups is 2. The van der Waals surface area contributed by atoms with Crippen molar-refractivity contribution in [2.75, 3.05) is 13.2 Å². The predicted molar refractivity (Wildman–Crippen MR) is 237 cm³/mol. The van der Waals surface area contributed by atoms with Crippen molar-refractivity contribution in [2.45, 2.75) is 126 Å². The van der Waals surface area contributed by atoms with E-state index in [0.29, 0.717) is 5.56 Å². The van der Waals surface area contributed by atoms with E-state index >= 15 is 4.79 Å². The summed E-state index contributed by atoms with van der Waals surface area (Å²) in [6.45, 7) is 10.0. The Morgan fingerprint density at radius 2 is 1.51 bits per heavy atom. The van der Waals surface area contributed by atoms with Gasteiger partial charge in [-0.3, -0.25) is 19.2 Å². The lowest BCUT2D eigenvalue weighted by atomic mass is 9.44. The molecule has 364 valence electrons. The molecule has 0 radical (unpaired) electrons. The standard InChI is InChI=1S/C47H54Cl3NO16/c1-23(2)39(56)51-33(27-15-11-9-12-16-27)34(54)41(58)64-29-20-46(60)38(66-40(57)28-17-13-10-14-18-28)36-44(8,37(55)35(63-25(4)52)32(24(29)3)43(46,6)7)30(65-42(59)62-22-47(48,49)50)19-31-45(36,21-61-31)67-26(5)53/h9-18,23,29-31,33-36,38,54,60H,19-22H2,1-8H3,(H,51,56)/t29?,30?,31?,33?,34?,35?,36?,38?,44-,45?,46?/m1/s1. The first-order valence-corrected chi connectivity index (χ1v) is 22.7. The summed E-state index contributed by atoms with van der Waals surface area (Å²) in [5.74, 6) is -7.83. The van der Waals surface area contributed by atoms with Crippen LogP contribution >= 0.6 is 34.8 Å². The molecule has 4 aliphatic rings. The molecule has 2 aromatic carbocycles. The number of nitrogens with one attached hydrogen (secondary N) is 1. The average molecular weight is 995 g/mol. The molecule has 10 unspecified atom stereocenters. The first kappa shape index (κ1) is 51.6. The van der Waals surface area contributed by atoms with E-state index in [1.807, 2.05) is 0 Å². The van der Waals surface area contributed by atoms with Crippen molar-refractivity contribution in [3.8, 4) is 0 Å². The number of ketones is 1. The van der Waals surface area contributed by atoms with Gasteiger partial charge >= 0.3 is 30.0 Å². The van der Waals surface area contributed by atoms with Crippen LogP contribution in [0.5, 0.6) is 0 Å². The number of benzene rings is 2. The SMILES string of the molecule is CC(=O)OC1C(=O)[C@]2(C)C(OC(=O)OCC(Cl)(Cl)Cl)CC3OCC3(OC(C)=O)C2C(OC(=O)c2ccccc2)C2(O)CC(OC(=O)C(O)C(NC(=O)C(C)C)c3ccccc3)C(C)=C1C2(C)C. The van der Waals surface area contributed by atoms with Gasteiger partial charge in [-0.25, -0.2) is 14.4 Å². The number of halogens is 3. The van der Waals surface area contributed by atoms with Gasteiger partial charge in [0.15, 0.2) is 23.6 Å². The first-order chi connectivity index (χ1) is 31.2. The van der Waals surface area contributed by atoms with Gasteiger partial charge in [0.05, 0.1) is 29.5 Å². The largest absolute Gasteiger partial charge is 0.508 e. The highest BCUT2D eigenvalue weighted by molar-refractivity contribution is 6.67. The Labute approximate surface area is 402 Å². The fourth-order valence-corrected chi connectivity index (χ4v) is 10.3. The molecule has 2 aromatic rings. The molecule has 20 heteroatoms. The number of rotatable bonds is 12. The molecular formula is C47H54Cl3NO16. The topological polar surface area (TPSA) is 237 Å². The highest BCUT2D eigenvalue weighted by Crippen LogP contribution is 2.65. The van der Waals surface area contributed by atoms with Gasteiger partial charge in [0, 0.05) is 38.0 Å². The number of esters is 4. The summed E-state index contributed by atoms with van der Waals surface area (Å²) >= 11 is 17.6. The van der Waals surface area contributed by atoms with Crippen LogP contribution in [0.2, 0.25) is 0 Å². The average Bonchev–Trinajstić information content (AvgIpc) is 3.25. The van der Waals surface area contributed by atoms with Crippen molar-refractivity contribution in [1.82, 2.24) is 5.32 Å². The van der Waals surface area contributed by atoms with E-state index < -0.39 is 142 Å². The normalized spacial score (nSPS) is 30.6. The summed E-state index contributed by atoms with van der Waals surface area (Å²) in [6, 6.07) is 14.5. The summed E-state index contributed by atoms with van der Waals surface area (Å²) in [7, 11) is 0. The third-order valence-electron chi connectivity index (χ3n) is 13.5. The lowest BCUT2D eigenvalue weighted by Gasteiger charge is -2.67. The summed E-state index contributed by atoms with van der Waals surface area (Å²) in [6.07, 6.45) is -12.7. The van der Waals surface area contributed by atoms with Gasteiger partial charge < -0.3 is 48.7 Å². The third-order valence-corrected chi connectivity index (χ3v) is 13.9. The molecule has 6 rings (SSSR count). The number of amides is 1. The van der Waals surface area contributed by atoms with Crippen LogP contribution < -0.4 is 5.32 Å². The molecule has 0 spiro atoms. The number of aliphatic hydroxyl groups excluding tert-OH is 1. The van der Waals surface area contributed by atoms with Crippen LogP contribution in [0.25, 0.3) is 0 Å². The van der Waals surface area contributed by atoms with E-state index in [2.05, 4.69) is 5.32 Å². The van der Waals surface area contributed by atoms with Crippen molar-refractivity contribution in [3.63, 3.8) is 0 Å². The number of hydrogen-bond acceptors (Lipinski definition) is 16. The van der Waals surface area contributed by atoms with E-state index in [9.17, 15) is 39.0 Å². The number of alkyl halides is 3. The Morgan fingerprint density at radius 3 is 2.04 bits per heavy atom. The van der Waals surface area contributed by atoms with E-state index in [0.717, 1.165) is 13.8 Å². The van der Waals surface area contributed by atoms with Crippen molar-refractivity contribution < 1.29 is 76.9 Å². The quantitative estimate of drug-likeness (QED) is 0.101. The van der Waals surface area contributed by atoms with Gasteiger partial charge in [0.1, 0.15) is 36.6 Å². The minimum Gasteiger partial charge on any atom is -0.456 e. The molecule has 11 atom stereocenters. The minimum atomic E-state index is -2.51. The van der Waals surface area contributed by atoms with Gasteiger partial charge in [-0.2, -0.15) is 0 Å². The fourth-order valence-electron chi connectivity index (χ4n) is 10.1. The molecule has 67 heavy (non-hydrogen) atoms. The molecule has 1 saturated heterocycles. The maximum absolute atomic E-state index is 16.0. The predicted octanol–water partition coefficient (Wildman–Crippen LogP) is 5.61. The van der Waals surface area contributed by atoms with Gasteiger partial charge in [0.25, 0.3) is 0 Å². The van der Waals surface area contributed by atoms with Crippen LogP contribution in [0.4, 0.5) is 4.79 Å². The number of fused-ring (bicyclic) bond motifs is 5. The molecular weight excluding hydrogens is 941 g/mol. The van der Waals surface area contributed by atoms with Crippen LogP contribution in [0.3, 0.4) is 0 Å². The summed E-state index contributed by atoms with van der Waals surface area (Å²) in [4.78, 5) is 97.7. The first-order valence-electron chi connectivity index (χ1n) is 21.6. The number of ether oxygens (including phenoxy) is 7. The number of hydrogen-bond donors (Lipinski definition) is 3. The Hall–Kier alpha value is -4.78. The lowest BCUT2D eigenvalue weighted by molar-refractivity contribution is -0.346. The molecule has 17 nitrogen and oxygen atoms in total. The van der Waals surface area contributed by atoms with Crippen LogP contribution in [-0.2, 0) is 57.1 Å². The lowest BCUT2D eigenvalue weighted by Crippen LogP contribution is -2.82. The number of carbonyl (C=O) groups is 7. The van der Waals surface area contributed by atoms with Crippen LogP contribution in [0.1, 0.15) is 90.2 Å². The maximum atomic E-state index is 16.0. The second kappa shape index (κ2) is 19.3. The highest BCUT2D eigenvalue weighted by atomic mass is 35.6. The van der Waals surface area contributed by atoms with Crippen LogP contribution in [0.15, 0.2) is 71.8 Å². The monoisotopic (exact) mass is 993 g/mol. The van der Waals surface area contributed by atoms with Gasteiger partial charge in [-0.15, -0.1) is 0 Å². The Morgan fingerprint density at radius 1 is 0.896 bits per heavy atom. The summed E-state index contributed by atoms with van der Waals surface area (Å²) in [5, 5.41) is 28.3. The highest BCUT2D eigenvalue weighted by Gasteiger charge is 2.79. The minimum absolute atomic E-state index is 0.00267. The molecule has 1 heterocycles. The van der Waals surface area contributed by atoms with Crippen molar-refractivity contribution in [1.29, 1.82) is 0 Å². The zero-order valence-corrected chi connectivity index (χ0v) is 40.3. The van der Waals surface area contributed by atoms with Gasteiger partial charge in [-0.1, -0.05) is 111 Å². The molecule has 0 aromatic heterocycles. The van der Waals surface area contributed by atoms with E-state index in [1.165, 1.54) is 39.8 Å². The number of Topliss-reactive ketones (excluding diaryl/α,β-unsaturated/α-hetero) is 1. The van der Waals surface area contributed by atoms with Crippen LogP contribution in [-0.4, -0.2) is 117 Å². The Balaban J connectivity index is 1.59. The molecule has 1 amide bonds. The van der Waals surface area contributed by atoms with Crippen LogP contribution in [0, 0.1) is 22.7 Å².